The average molecular weight is 336 g/mol. The maximum absolute atomic E-state index is 3.63. The average Bonchev–Trinajstić information content (AvgIpc) is 2.44. The van der Waals surface area contributed by atoms with Gasteiger partial charge in [-0.05, 0) is 67.2 Å². The first kappa shape index (κ1) is 14.6. The van der Waals surface area contributed by atoms with Crippen LogP contribution in [0, 0.1) is 10.8 Å². The minimum absolute atomic E-state index is 0.550. The molecule has 1 unspecified atom stereocenters. The zero-order valence-electron chi connectivity index (χ0n) is 12.7. The zero-order chi connectivity index (χ0) is 14.2. The van der Waals surface area contributed by atoms with E-state index in [1.807, 2.05) is 0 Å². The third kappa shape index (κ3) is 2.82. The Morgan fingerprint density at radius 1 is 1.00 bits per heavy atom. The van der Waals surface area contributed by atoms with Gasteiger partial charge in [0.15, 0.2) is 0 Å². The maximum Gasteiger partial charge on any atom is 0.0175 e. The Bertz CT molecular complexity index is 453. The third-order valence-corrected chi connectivity index (χ3v) is 6.29. The van der Waals surface area contributed by atoms with E-state index in [-0.39, 0.29) is 0 Å². The van der Waals surface area contributed by atoms with Gasteiger partial charge in [0.2, 0.25) is 0 Å². The van der Waals surface area contributed by atoms with Gasteiger partial charge in [0.1, 0.15) is 0 Å². The molecule has 1 spiro atoms. The summed E-state index contributed by atoms with van der Waals surface area (Å²) in [6, 6.07) is 9.04. The molecule has 1 saturated heterocycles. The highest BCUT2D eigenvalue weighted by Crippen LogP contribution is 2.54. The molecule has 0 amide bonds. The monoisotopic (exact) mass is 335 g/mol. The summed E-state index contributed by atoms with van der Waals surface area (Å²) < 4.78 is 1.18. The molecule has 2 aliphatic rings. The number of benzene rings is 1. The van der Waals surface area contributed by atoms with Gasteiger partial charge in [-0.15, -0.1) is 0 Å². The lowest BCUT2D eigenvalue weighted by atomic mass is 9.56. The SMILES string of the molecule is CC1(C)CCC2(CCNCC2c2ccc(Br)cc2)CC1. The fourth-order valence-corrected chi connectivity index (χ4v) is 4.43. The summed E-state index contributed by atoms with van der Waals surface area (Å²) in [5, 5.41) is 3.63. The lowest BCUT2D eigenvalue weighted by Gasteiger charge is -2.51. The van der Waals surface area contributed by atoms with Crippen LogP contribution in [0.2, 0.25) is 0 Å². The van der Waals surface area contributed by atoms with E-state index in [1.165, 1.54) is 48.7 Å². The predicted octanol–water partition coefficient (Wildman–Crippen LogP) is 5.11. The summed E-state index contributed by atoms with van der Waals surface area (Å²) in [6.07, 6.45) is 6.94. The molecule has 1 aliphatic heterocycles. The van der Waals surface area contributed by atoms with E-state index in [4.69, 9.17) is 0 Å². The second-order valence-electron chi connectivity index (χ2n) is 7.58. The molecule has 1 N–H and O–H groups in total. The molecule has 0 bridgehead atoms. The summed E-state index contributed by atoms with van der Waals surface area (Å²) in [4.78, 5) is 0. The first-order chi connectivity index (χ1) is 9.51. The number of hydrogen-bond donors (Lipinski definition) is 1. The van der Waals surface area contributed by atoms with Crippen molar-refractivity contribution >= 4 is 15.9 Å². The molecule has 1 heterocycles. The van der Waals surface area contributed by atoms with Crippen LogP contribution in [-0.4, -0.2) is 13.1 Å². The highest BCUT2D eigenvalue weighted by atomic mass is 79.9. The van der Waals surface area contributed by atoms with E-state index in [0.29, 0.717) is 16.7 Å². The van der Waals surface area contributed by atoms with Crippen LogP contribution in [0.4, 0.5) is 0 Å². The van der Waals surface area contributed by atoms with Gasteiger partial charge in [0, 0.05) is 16.9 Å². The molecule has 0 radical (unpaired) electrons. The molecule has 1 nitrogen and oxygen atoms in total. The highest BCUT2D eigenvalue weighted by molar-refractivity contribution is 9.10. The summed E-state index contributed by atoms with van der Waals surface area (Å²) in [5.74, 6) is 0.695. The van der Waals surface area contributed by atoms with Gasteiger partial charge >= 0.3 is 0 Å². The molecule has 20 heavy (non-hydrogen) atoms. The molecule has 1 aliphatic carbocycles. The second-order valence-corrected chi connectivity index (χ2v) is 8.50. The standard InChI is InChI=1S/C18H26BrN/c1-17(2)7-9-18(10-8-17)11-12-20-13-16(18)14-3-5-15(19)6-4-14/h3-6,16,20H,7-13H2,1-2H3. The van der Waals surface area contributed by atoms with E-state index in [0.717, 1.165) is 6.54 Å². The van der Waals surface area contributed by atoms with Gasteiger partial charge in [-0.3, -0.25) is 0 Å². The van der Waals surface area contributed by atoms with Gasteiger partial charge in [0.05, 0.1) is 0 Å². The zero-order valence-corrected chi connectivity index (χ0v) is 14.3. The van der Waals surface area contributed by atoms with Crippen LogP contribution in [0.5, 0.6) is 0 Å². The fraction of sp³-hybridized carbons (Fsp3) is 0.667. The predicted molar refractivity (Wildman–Crippen MR) is 89.1 cm³/mol. The van der Waals surface area contributed by atoms with Gasteiger partial charge in [-0.2, -0.15) is 0 Å². The van der Waals surface area contributed by atoms with Crippen molar-refractivity contribution < 1.29 is 0 Å². The second kappa shape index (κ2) is 5.46. The molecule has 3 rings (SSSR count). The molecular formula is C18H26BrN. The van der Waals surface area contributed by atoms with E-state index < -0.39 is 0 Å². The fourth-order valence-electron chi connectivity index (χ4n) is 4.16. The Morgan fingerprint density at radius 3 is 2.30 bits per heavy atom. The Labute approximate surface area is 131 Å². The topological polar surface area (TPSA) is 12.0 Å². The van der Waals surface area contributed by atoms with Gasteiger partial charge < -0.3 is 5.32 Å². The van der Waals surface area contributed by atoms with Gasteiger partial charge in [0.25, 0.3) is 0 Å². The molecule has 2 fully saturated rings. The van der Waals surface area contributed by atoms with Crippen molar-refractivity contribution in [3.05, 3.63) is 34.3 Å². The molecule has 1 aromatic rings. The molecule has 2 heteroatoms. The normalized spacial score (nSPS) is 28.4. The smallest absolute Gasteiger partial charge is 0.0175 e. The molecule has 110 valence electrons. The lowest BCUT2D eigenvalue weighted by Crippen LogP contribution is -2.46. The summed E-state index contributed by atoms with van der Waals surface area (Å²) in [6.45, 7) is 7.24. The quantitative estimate of drug-likeness (QED) is 0.751. The van der Waals surface area contributed by atoms with Crippen LogP contribution in [0.15, 0.2) is 28.7 Å². The van der Waals surface area contributed by atoms with Crippen molar-refractivity contribution in [2.45, 2.75) is 51.9 Å². The van der Waals surface area contributed by atoms with Crippen LogP contribution >= 0.6 is 15.9 Å². The van der Waals surface area contributed by atoms with Crippen molar-refractivity contribution in [2.75, 3.05) is 13.1 Å². The van der Waals surface area contributed by atoms with Crippen LogP contribution in [0.3, 0.4) is 0 Å². The number of rotatable bonds is 1. The molecular weight excluding hydrogens is 310 g/mol. The van der Waals surface area contributed by atoms with E-state index in [2.05, 4.69) is 59.4 Å². The van der Waals surface area contributed by atoms with Crippen molar-refractivity contribution in [1.82, 2.24) is 5.32 Å². The van der Waals surface area contributed by atoms with Crippen LogP contribution in [-0.2, 0) is 0 Å². The number of piperidine rings is 1. The van der Waals surface area contributed by atoms with E-state index in [9.17, 15) is 0 Å². The molecule has 0 aromatic heterocycles. The third-order valence-electron chi connectivity index (χ3n) is 5.76. The first-order valence-corrected chi connectivity index (χ1v) is 8.76. The van der Waals surface area contributed by atoms with Crippen LogP contribution in [0.25, 0.3) is 0 Å². The summed E-state index contributed by atoms with van der Waals surface area (Å²) >= 11 is 3.56. The number of hydrogen-bond acceptors (Lipinski definition) is 1. The Morgan fingerprint density at radius 2 is 1.65 bits per heavy atom. The number of halogens is 1. The van der Waals surface area contributed by atoms with Crippen LogP contribution in [0.1, 0.15) is 57.4 Å². The minimum Gasteiger partial charge on any atom is -0.316 e. The van der Waals surface area contributed by atoms with E-state index in [1.54, 1.807) is 0 Å². The Balaban J connectivity index is 1.86. The Hall–Kier alpha value is -0.340. The van der Waals surface area contributed by atoms with Crippen molar-refractivity contribution in [1.29, 1.82) is 0 Å². The van der Waals surface area contributed by atoms with E-state index >= 15 is 0 Å². The lowest BCUT2D eigenvalue weighted by molar-refractivity contribution is 0.0499. The maximum atomic E-state index is 3.63. The van der Waals surface area contributed by atoms with Crippen molar-refractivity contribution in [3.8, 4) is 0 Å². The summed E-state index contributed by atoms with van der Waals surface area (Å²) in [5.41, 5.74) is 2.63. The minimum atomic E-state index is 0.550. The Kier molecular flexibility index (Phi) is 3.98. The molecule has 1 atom stereocenters. The number of nitrogens with one attached hydrogen (secondary N) is 1. The van der Waals surface area contributed by atoms with Gasteiger partial charge in [-0.1, -0.05) is 41.9 Å². The van der Waals surface area contributed by atoms with Crippen molar-refractivity contribution in [3.63, 3.8) is 0 Å². The largest absolute Gasteiger partial charge is 0.316 e. The van der Waals surface area contributed by atoms with Crippen molar-refractivity contribution in [2.24, 2.45) is 10.8 Å². The summed E-state index contributed by atoms with van der Waals surface area (Å²) in [7, 11) is 0. The van der Waals surface area contributed by atoms with Crippen LogP contribution < -0.4 is 5.32 Å². The molecule has 1 saturated carbocycles. The highest BCUT2D eigenvalue weighted by Gasteiger charge is 2.45. The first-order valence-electron chi connectivity index (χ1n) is 7.97. The molecule has 1 aromatic carbocycles. The van der Waals surface area contributed by atoms with Gasteiger partial charge in [-0.25, -0.2) is 0 Å².